The van der Waals surface area contributed by atoms with Gasteiger partial charge >= 0.3 is 5.97 Å². The maximum absolute atomic E-state index is 13.0. The van der Waals surface area contributed by atoms with Gasteiger partial charge in [-0.3, -0.25) is 14.4 Å². The van der Waals surface area contributed by atoms with E-state index in [9.17, 15) is 14.4 Å². The molecule has 0 heterocycles. The molecule has 0 spiro atoms. The molecule has 1 aliphatic carbocycles. The van der Waals surface area contributed by atoms with E-state index in [1.165, 1.54) is 6.42 Å². The highest BCUT2D eigenvalue weighted by molar-refractivity contribution is 6.03. The monoisotopic (exact) mass is 374 g/mol. The summed E-state index contributed by atoms with van der Waals surface area (Å²) in [4.78, 5) is 38.1. The van der Waals surface area contributed by atoms with Crippen molar-refractivity contribution in [3.8, 4) is 0 Å². The summed E-state index contributed by atoms with van der Waals surface area (Å²) in [6.45, 7) is 3.49. The van der Waals surface area contributed by atoms with Crippen molar-refractivity contribution in [1.82, 2.24) is 4.90 Å². The van der Waals surface area contributed by atoms with Crippen molar-refractivity contribution in [2.45, 2.75) is 64.8 Å². The lowest BCUT2D eigenvalue weighted by atomic mass is 9.85. The van der Waals surface area contributed by atoms with Crippen molar-refractivity contribution < 1.29 is 19.5 Å². The summed E-state index contributed by atoms with van der Waals surface area (Å²) in [5.74, 6) is -1.32. The third kappa shape index (κ3) is 6.08. The van der Waals surface area contributed by atoms with Crippen LogP contribution in [0.1, 0.15) is 69.2 Å². The number of carbonyl (C=O) groups is 3. The van der Waals surface area contributed by atoms with Crippen LogP contribution in [0.5, 0.6) is 0 Å². The molecule has 2 N–H and O–H groups in total. The topological polar surface area (TPSA) is 86.7 Å². The second kappa shape index (κ2) is 9.02. The van der Waals surface area contributed by atoms with Gasteiger partial charge in [-0.2, -0.15) is 0 Å². The zero-order chi connectivity index (χ0) is 20.0. The van der Waals surface area contributed by atoms with Crippen LogP contribution in [0, 0.1) is 5.41 Å². The molecular formula is C21H30N2O4. The number of para-hydroxylation sites is 1. The average Bonchev–Trinajstić information content (AvgIpc) is 2.60. The Bertz CT molecular complexity index is 693. The number of aliphatic carboxylic acids is 1. The Kier molecular flexibility index (Phi) is 6.99. The molecule has 1 fully saturated rings. The van der Waals surface area contributed by atoms with Crippen LogP contribution in [-0.2, 0) is 9.59 Å². The van der Waals surface area contributed by atoms with E-state index in [4.69, 9.17) is 5.11 Å². The first-order valence-electron chi connectivity index (χ1n) is 9.57. The quantitative estimate of drug-likeness (QED) is 0.757. The van der Waals surface area contributed by atoms with E-state index in [-0.39, 0.29) is 30.7 Å². The van der Waals surface area contributed by atoms with E-state index in [1.807, 2.05) is 7.05 Å². The number of benzene rings is 1. The molecule has 1 aromatic rings. The standard InChI is InChI=1S/C21H30N2O4/c1-21(2,14-19(25)26)13-18(24)22-17-12-8-7-11-16(17)20(27)23(3)15-9-5-4-6-10-15/h7-8,11-12,15H,4-6,9-10,13-14H2,1-3H3,(H,22,24)(H,25,26). The fourth-order valence-corrected chi connectivity index (χ4v) is 3.70. The van der Waals surface area contributed by atoms with Gasteiger partial charge in [0.1, 0.15) is 0 Å². The minimum atomic E-state index is -0.933. The zero-order valence-corrected chi connectivity index (χ0v) is 16.5. The molecule has 0 aliphatic heterocycles. The Morgan fingerprint density at radius 1 is 1.11 bits per heavy atom. The number of hydrogen-bond donors (Lipinski definition) is 2. The lowest BCUT2D eigenvalue weighted by Gasteiger charge is -2.31. The summed E-state index contributed by atoms with van der Waals surface area (Å²) in [6, 6.07) is 7.23. The molecule has 2 rings (SSSR count). The van der Waals surface area contributed by atoms with Gasteiger partial charge in [-0.1, -0.05) is 45.2 Å². The van der Waals surface area contributed by atoms with Crippen molar-refractivity contribution in [2.24, 2.45) is 5.41 Å². The highest BCUT2D eigenvalue weighted by Crippen LogP contribution is 2.27. The number of anilines is 1. The van der Waals surface area contributed by atoms with Gasteiger partial charge in [-0.25, -0.2) is 0 Å². The lowest BCUT2D eigenvalue weighted by molar-refractivity contribution is -0.139. The van der Waals surface area contributed by atoms with Crippen LogP contribution in [0.25, 0.3) is 0 Å². The van der Waals surface area contributed by atoms with Crippen LogP contribution in [-0.4, -0.2) is 40.9 Å². The molecule has 0 aromatic heterocycles. The highest BCUT2D eigenvalue weighted by atomic mass is 16.4. The largest absolute Gasteiger partial charge is 0.481 e. The van der Waals surface area contributed by atoms with E-state index in [0.717, 1.165) is 25.7 Å². The molecule has 148 valence electrons. The minimum Gasteiger partial charge on any atom is -0.481 e. The number of carboxylic acids is 1. The number of carbonyl (C=O) groups excluding carboxylic acids is 2. The molecule has 2 amide bonds. The number of amides is 2. The van der Waals surface area contributed by atoms with Crippen molar-refractivity contribution in [1.29, 1.82) is 0 Å². The third-order valence-corrected chi connectivity index (χ3v) is 5.14. The molecular weight excluding hydrogens is 344 g/mol. The number of nitrogens with one attached hydrogen (secondary N) is 1. The summed E-state index contributed by atoms with van der Waals surface area (Å²) in [6.07, 6.45) is 5.50. The van der Waals surface area contributed by atoms with Crippen molar-refractivity contribution in [3.63, 3.8) is 0 Å². The first kappa shape index (κ1) is 20.9. The van der Waals surface area contributed by atoms with Crippen LogP contribution in [0.15, 0.2) is 24.3 Å². The molecule has 0 saturated heterocycles. The second-order valence-corrected chi connectivity index (χ2v) is 8.21. The molecule has 1 saturated carbocycles. The lowest BCUT2D eigenvalue weighted by Crippen LogP contribution is -2.38. The van der Waals surface area contributed by atoms with E-state index in [0.29, 0.717) is 11.3 Å². The maximum Gasteiger partial charge on any atom is 0.303 e. The van der Waals surface area contributed by atoms with Gasteiger partial charge in [0, 0.05) is 19.5 Å². The van der Waals surface area contributed by atoms with E-state index in [2.05, 4.69) is 5.32 Å². The molecule has 0 atom stereocenters. The SMILES string of the molecule is CN(C(=O)c1ccccc1NC(=O)CC(C)(C)CC(=O)O)C1CCCCC1. The number of nitrogens with zero attached hydrogens (tertiary/aromatic N) is 1. The summed E-state index contributed by atoms with van der Waals surface area (Å²) < 4.78 is 0. The highest BCUT2D eigenvalue weighted by Gasteiger charge is 2.27. The van der Waals surface area contributed by atoms with Crippen LogP contribution >= 0.6 is 0 Å². The van der Waals surface area contributed by atoms with Gasteiger partial charge in [-0.05, 0) is 30.4 Å². The Labute approximate surface area is 160 Å². The Hall–Kier alpha value is -2.37. The normalized spacial score (nSPS) is 15.2. The molecule has 27 heavy (non-hydrogen) atoms. The fourth-order valence-electron chi connectivity index (χ4n) is 3.70. The van der Waals surface area contributed by atoms with Crippen molar-refractivity contribution in [2.75, 3.05) is 12.4 Å². The summed E-state index contributed by atoms with van der Waals surface area (Å²) in [5.41, 5.74) is 0.282. The van der Waals surface area contributed by atoms with Crippen molar-refractivity contribution >= 4 is 23.5 Å². The summed E-state index contributed by atoms with van der Waals surface area (Å²) in [5, 5.41) is 11.8. The molecule has 0 unspecified atom stereocenters. The number of hydrogen-bond acceptors (Lipinski definition) is 3. The van der Waals surface area contributed by atoms with Crippen LogP contribution in [0.2, 0.25) is 0 Å². The zero-order valence-electron chi connectivity index (χ0n) is 16.5. The van der Waals surface area contributed by atoms with Gasteiger partial charge < -0.3 is 15.3 Å². The Morgan fingerprint density at radius 3 is 2.37 bits per heavy atom. The predicted molar refractivity (Wildman–Crippen MR) is 105 cm³/mol. The van der Waals surface area contributed by atoms with Gasteiger partial charge in [-0.15, -0.1) is 0 Å². The number of carboxylic acid groups (broad SMARTS) is 1. The van der Waals surface area contributed by atoms with E-state index >= 15 is 0 Å². The Morgan fingerprint density at radius 2 is 1.74 bits per heavy atom. The molecule has 0 bridgehead atoms. The summed E-state index contributed by atoms with van der Waals surface area (Å²) >= 11 is 0. The molecule has 1 aliphatic rings. The number of rotatable bonds is 7. The average molecular weight is 374 g/mol. The molecule has 6 heteroatoms. The van der Waals surface area contributed by atoms with Gasteiger partial charge in [0.15, 0.2) is 0 Å². The van der Waals surface area contributed by atoms with E-state index < -0.39 is 11.4 Å². The predicted octanol–water partition coefficient (Wildman–Crippen LogP) is 3.92. The fraction of sp³-hybridized carbons (Fsp3) is 0.571. The Balaban J connectivity index is 2.09. The van der Waals surface area contributed by atoms with Gasteiger partial charge in [0.25, 0.3) is 5.91 Å². The smallest absolute Gasteiger partial charge is 0.303 e. The van der Waals surface area contributed by atoms with Crippen LogP contribution < -0.4 is 5.32 Å². The molecule has 0 radical (unpaired) electrons. The van der Waals surface area contributed by atoms with Crippen LogP contribution in [0.3, 0.4) is 0 Å². The van der Waals surface area contributed by atoms with Crippen LogP contribution in [0.4, 0.5) is 5.69 Å². The van der Waals surface area contributed by atoms with Gasteiger partial charge in [0.2, 0.25) is 5.91 Å². The third-order valence-electron chi connectivity index (χ3n) is 5.14. The maximum atomic E-state index is 13.0. The van der Waals surface area contributed by atoms with Gasteiger partial charge in [0.05, 0.1) is 17.7 Å². The second-order valence-electron chi connectivity index (χ2n) is 8.21. The first-order chi connectivity index (χ1) is 12.7. The molecule has 1 aromatic carbocycles. The van der Waals surface area contributed by atoms with Crippen molar-refractivity contribution in [3.05, 3.63) is 29.8 Å². The van der Waals surface area contributed by atoms with E-state index in [1.54, 1.807) is 43.0 Å². The minimum absolute atomic E-state index is 0.0697. The molecule has 6 nitrogen and oxygen atoms in total. The summed E-state index contributed by atoms with van der Waals surface area (Å²) in [7, 11) is 1.83. The first-order valence-corrected chi connectivity index (χ1v) is 9.57.